The van der Waals surface area contributed by atoms with E-state index in [1.54, 1.807) is 29.0 Å². The molecule has 4 heterocycles. The number of aliphatic hydroxyl groups is 1. The zero-order valence-corrected chi connectivity index (χ0v) is 25.8. The highest BCUT2D eigenvalue weighted by molar-refractivity contribution is 6.31. The van der Waals surface area contributed by atoms with Crippen molar-refractivity contribution in [3.05, 3.63) is 57.9 Å². The first kappa shape index (κ1) is 30.4. The first-order valence-corrected chi connectivity index (χ1v) is 15.3. The minimum atomic E-state index is -0.747. The van der Waals surface area contributed by atoms with Gasteiger partial charge in [0.2, 0.25) is 11.8 Å². The maximum atomic E-state index is 13.8. The summed E-state index contributed by atoms with van der Waals surface area (Å²) in [6.07, 6.45) is 2.20. The number of amides is 3. The Morgan fingerprint density at radius 2 is 1.67 bits per heavy atom. The number of hydrogen-bond acceptors (Lipinski definition) is 6. The highest BCUT2D eigenvalue weighted by Gasteiger charge is 2.42. The quantitative estimate of drug-likeness (QED) is 0.528. The molecule has 3 fully saturated rings. The molecule has 226 valence electrons. The average Bonchev–Trinajstić information content (AvgIpc) is 3.52. The number of benzene rings is 1. The van der Waals surface area contributed by atoms with Crippen molar-refractivity contribution in [2.24, 2.45) is 17.8 Å². The van der Waals surface area contributed by atoms with Crippen LogP contribution in [-0.2, 0) is 9.59 Å². The predicted molar refractivity (Wildman–Crippen MR) is 163 cm³/mol. The number of carbonyl (C=O) groups excluding carboxylic acids is 3. The Hall–Kier alpha value is -3.01. The number of rotatable bonds is 7. The molecule has 3 atom stereocenters. The van der Waals surface area contributed by atoms with Gasteiger partial charge in [-0.1, -0.05) is 17.7 Å². The molecule has 42 heavy (non-hydrogen) atoms. The monoisotopic (exact) mass is 595 g/mol. The van der Waals surface area contributed by atoms with Crippen molar-refractivity contribution < 1.29 is 19.5 Å². The lowest BCUT2D eigenvalue weighted by Crippen LogP contribution is -2.48. The number of hydrogen-bond donors (Lipinski definition) is 1. The number of anilines is 1. The van der Waals surface area contributed by atoms with Gasteiger partial charge in [-0.2, -0.15) is 0 Å². The summed E-state index contributed by atoms with van der Waals surface area (Å²) in [5, 5.41) is 11.8. The lowest BCUT2D eigenvalue weighted by molar-refractivity contribution is -0.133. The Bertz CT molecular complexity index is 1310. The van der Waals surface area contributed by atoms with Gasteiger partial charge in [-0.05, 0) is 74.8 Å². The topological polar surface area (TPSA) is 97.3 Å². The highest BCUT2D eigenvalue weighted by Crippen LogP contribution is 2.33. The number of halogens is 1. The highest BCUT2D eigenvalue weighted by atomic mass is 35.5. The Labute approximate surface area is 253 Å². The zero-order chi connectivity index (χ0) is 30.1. The van der Waals surface area contributed by atoms with Gasteiger partial charge in [0.05, 0.1) is 23.9 Å². The first-order chi connectivity index (χ1) is 20.0. The fourth-order valence-electron chi connectivity index (χ4n) is 6.88. The van der Waals surface area contributed by atoms with E-state index in [2.05, 4.69) is 9.88 Å². The van der Waals surface area contributed by atoms with E-state index in [0.717, 1.165) is 29.9 Å². The molecule has 3 aliphatic heterocycles. The van der Waals surface area contributed by atoms with E-state index in [1.165, 1.54) is 0 Å². The molecule has 3 aliphatic rings. The number of piperidine rings is 1. The van der Waals surface area contributed by atoms with Crippen LogP contribution in [0.25, 0.3) is 0 Å². The molecule has 1 aromatic carbocycles. The second-order valence-corrected chi connectivity index (χ2v) is 12.8. The molecule has 0 saturated carbocycles. The molecular weight excluding hydrogens is 554 g/mol. The Balaban J connectivity index is 1.20. The third kappa shape index (κ3) is 6.48. The molecule has 0 aliphatic carbocycles. The van der Waals surface area contributed by atoms with Crippen molar-refractivity contribution in [3.8, 4) is 0 Å². The van der Waals surface area contributed by atoms with Crippen molar-refractivity contribution in [3.63, 3.8) is 0 Å². The van der Waals surface area contributed by atoms with Gasteiger partial charge in [-0.3, -0.25) is 24.3 Å². The number of aromatic nitrogens is 1. The lowest BCUT2D eigenvalue weighted by atomic mass is 9.94. The summed E-state index contributed by atoms with van der Waals surface area (Å²) in [7, 11) is 0. The van der Waals surface area contributed by atoms with E-state index in [9.17, 15) is 19.5 Å². The van der Waals surface area contributed by atoms with Gasteiger partial charge in [0, 0.05) is 75.6 Å². The number of pyridine rings is 1. The maximum Gasteiger partial charge on any atom is 0.255 e. The summed E-state index contributed by atoms with van der Waals surface area (Å²) in [6.45, 7) is 12.1. The summed E-state index contributed by atoms with van der Waals surface area (Å²) < 4.78 is 0. The van der Waals surface area contributed by atoms with E-state index in [1.807, 2.05) is 43.9 Å². The Morgan fingerprint density at radius 3 is 2.26 bits per heavy atom. The van der Waals surface area contributed by atoms with E-state index in [4.69, 9.17) is 11.6 Å². The standard InChI is InChI=1S/C32H42ClN5O4/c1-20-5-6-27(13-29(20)33)38(31(41)24-8-11-36(12-9-24)23(4)39)19-28(40)18-35-14-25-16-37(17-26(25)15-35)32(42)30-21(2)7-10-34-22(30)3/h5-7,10,13,24-26,28,40H,8-9,11-12,14-19H2,1-4H3. The Kier molecular flexibility index (Phi) is 9.20. The van der Waals surface area contributed by atoms with Crippen LogP contribution in [-0.4, -0.2) is 101 Å². The van der Waals surface area contributed by atoms with Crippen LogP contribution in [0.2, 0.25) is 5.02 Å². The number of aryl methyl sites for hydroxylation is 3. The summed E-state index contributed by atoms with van der Waals surface area (Å²) in [6, 6.07) is 7.46. The van der Waals surface area contributed by atoms with Crippen molar-refractivity contribution in [2.75, 3.05) is 57.3 Å². The van der Waals surface area contributed by atoms with Gasteiger partial charge in [0.15, 0.2) is 0 Å². The molecule has 10 heteroatoms. The molecule has 1 N–H and O–H groups in total. The third-order valence-electron chi connectivity index (χ3n) is 9.30. The van der Waals surface area contributed by atoms with Crippen LogP contribution in [0.1, 0.15) is 46.9 Å². The van der Waals surface area contributed by atoms with Crippen LogP contribution < -0.4 is 4.90 Å². The Morgan fingerprint density at radius 1 is 1.00 bits per heavy atom. The first-order valence-electron chi connectivity index (χ1n) is 15.0. The SMILES string of the molecule is CC(=O)N1CCC(C(=O)N(CC(O)CN2CC3CN(C(=O)c4c(C)ccnc4C)CC3C2)c2ccc(C)c(Cl)c2)CC1. The van der Waals surface area contributed by atoms with Crippen LogP contribution in [0, 0.1) is 38.5 Å². The zero-order valence-electron chi connectivity index (χ0n) is 25.1. The normalized spacial score (nSPS) is 21.9. The van der Waals surface area contributed by atoms with Gasteiger partial charge in [0.25, 0.3) is 5.91 Å². The van der Waals surface area contributed by atoms with Gasteiger partial charge >= 0.3 is 0 Å². The van der Waals surface area contributed by atoms with Crippen LogP contribution in [0.3, 0.4) is 0 Å². The van der Waals surface area contributed by atoms with Gasteiger partial charge in [0.1, 0.15) is 0 Å². The molecule has 5 rings (SSSR count). The van der Waals surface area contributed by atoms with E-state index in [-0.39, 0.29) is 30.2 Å². The second kappa shape index (κ2) is 12.7. The van der Waals surface area contributed by atoms with Crippen molar-refractivity contribution in [2.45, 2.75) is 46.6 Å². The number of β-amino-alcohol motifs (C(OH)–C–C–N with tert-alkyl or cyclic N) is 1. The van der Waals surface area contributed by atoms with Crippen molar-refractivity contribution in [1.29, 1.82) is 0 Å². The van der Waals surface area contributed by atoms with Gasteiger partial charge in [-0.15, -0.1) is 0 Å². The van der Waals surface area contributed by atoms with Gasteiger partial charge < -0.3 is 19.8 Å². The fourth-order valence-corrected chi connectivity index (χ4v) is 7.06. The molecule has 1 aromatic heterocycles. The molecular formula is C32H42ClN5O4. The number of fused-ring (bicyclic) bond motifs is 1. The summed E-state index contributed by atoms with van der Waals surface area (Å²) in [4.78, 5) is 50.9. The summed E-state index contributed by atoms with van der Waals surface area (Å²) in [5.74, 6) is 0.556. The smallest absolute Gasteiger partial charge is 0.255 e. The predicted octanol–water partition coefficient (Wildman–Crippen LogP) is 3.32. The summed E-state index contributed by atoms with van der Waals surface area (Å²) >= 11 is 6.44. The number of likely N-dealkylation sites (tertiary alicyclic amines) is 3. The van der Waals surface area contributed by atoms with Gasteiger partial charge in [-0.25, -0.2) is 0 Å². The lowest BCUT2D eigenvalue weighted by Gasteiger charge is -2.35. The molecule has 0 bridgehead atoms. The molecule has 3 saturated heterocycles. The van der Waals surface area contributed by atoms with Crippen LogP contribution in [0.4, 0.5) is 5.69 Å². The molecule has 3 unspecified atom stereocenters. The second-order valence-electron chi connectivity index (χ2n) is 12.4. The maximum absolute atomic E-state index is 13.8. The fraction of sp³-hybridized carbons (Fsp3) is 0.562. The van der Waals surface area contributed by atoms with Crippen molar-refractivity contribution in [1.82, 2.24) is 19.7 Å². The van der Waals surface area contributed by atoms with Crippen LogP contribution in [0.5, 0.6) is 0 Å². The van der Waals surface area contributed by atoms with E-state index in [0.29, 0.717) is 73.7 Å². The number of nitrogens with zero attached hydrogens (tertiary/aromatic N) is 5. The molecule has 3 amide bonds. The molecule has 0 spiro atoms. The molecule has 2 aromatic rings. The van der Waals surface area contributed by atoms with Crippen LogP contribution in [0.15, 0.2) is 30.5 Å². The summed E-state index contributed by atoms with van der Waals surface area (Å²) in [5.41, 5.74) is 4.02. The van der Waals surface area contributed by atoms with Crippen molar-refractivity contribution >= 4 is 35.0 Å². The molecule has 9 nitrogen and oxygen atoms in total. The minimum Gasteiger partial charge on any atom is -0.390 e. The minimum absolute atomic E-state index is 0.0312. The van der Waals surface area contributed by atoms with E-state index >= 15 is 0 Å². The average molecular weight is 596 g/mol. The third-order valence-corrected chi connectivity index (χ3v) is 9.70. The number of carbonyl (C=O) groups is 3. The largest absolute Gasteiger partial charge is 0.390 e. The number of aliphatic hydroxyl groups excluding tert-OH is 1. The van der Waals surface area contributed by atoms with Crippen LogP contribution >= 0.6 is 11.6 Å². The van der Waals surface area contributed by atoms with E-state index < -0.39 is 6.10 Å². The molecule has 0 radical (unpaired) electrons.